The van der Waals surface area contributed by atoms with E-state index in [0.717, 1.165) is 33.7 Å². The molecule has 0 unspecified atom stereocenters. The molecule has 2 aromatic carbocycles. The summed E-state index contributed by atoms with van der Waals surface area (Å²) in [5.41, 5.74) is 4.69. The van der Waals surface area contributed by atoms with E-state index in [9.17, 15) is 0 Å². The molecule has 0 amide bonds. The van der Waals surface area contributed by atoms with Gasteiger partial charge in [-0.2, -0.15) is 0 Å². The van der Waals surface area contributed by atoms with E-state index >= 15 is 0 Å². The number of benzene rings is 2. The van der Waals surface area contributed by atoms with Gasteiger partial charge in [-0.3, -0.25) is 0 Å². The molecule has 2 heterocycles. The minimum Gasteiger partial charge on any atom is -0.464 e. The molecule has 0 saturated heterocycles. The second-order valence-electron chi connectivity index (χ2n) is 5.62. The Balaban J connectivity index is 1.74. The van der Waals surface area contributed by atoms with Gasteiger partial charge in [-0.15, -0.1) is 0 Å². The maximum atomic E-state index is 5.87. The van der Waals surface area contributed by atoms with Crippen molar-refractivity contribution in [3.8, 4) is 22.8 Å². The minimum atomic E-state index is 0.627. The molecule has 0 saturated carbocycles. The zero-order valence-electron chi connectivity index (χ0n) is 13.0. The number of anilines is 1. The van der Waals surface area contributed by atoms with Crippen LogP contribution in [0.2, 0.25) is 0 Å². The molecule has 4 rings (SSSR count). The molecule has 4 aromatic rings. The molecule has 0 N–H and O–H groups in total. The predicted octanol–water partition coefficient (Wildman–Crippen LogP) is 4.82. The normalized spacial score (nSPS) is 11.0. The maximum absolute atomic E-state index is 5.87. The number of rotatable bonds is 3. The second-order valence-corrected chi connectivity index (χ2v) is 5.62. The van der Waals surface area contributed by atoms with Gasteiger partial charge >= 0.3 is 0 Å². The first-order valence-corrected chi connectivity index (χ1v) is 7.43. The average molecular weight is 304 g/mol. The monoisotopic (exact) mass is 304 g/mol. The SMILES string of the molecule is CN(C)c1ccc(-c2nc3cc(-c4ccco4)ccc3o2)cc1. The summed E-state index contributed by atoms with van der Waals surface area (Å²) < 4.78 is 11.3. The van der Waals surface area contributed by atoms with Gasteiger partial charge in [0.1, 0.15) is 11.3 Å². The van der Waals surface area contributed by atoms with Crippen molar-refractivity contribution >= 4 is 16.8 Å². The van der Waals surface area contributed by atoms with Gasteiger partial charge < -0.3 is 13.7 Å². The lowest BCUT2D eigenvalue weighted by Crippen LogP contribution is -2.07. The number of fused-ring (bicyclic) bond motifs is 1. The van der Waals surface area contributed by atoms with Crippen LogP contribution in [0.3, 0.4) is 0 Å². The van der Waals surface area contributed by atoms with Crippen LogP contribution >= 0.6 is 0 Å². The van der Waals surface area contributed by atoms with E-state index < -0.39 is 0 Å². The molecule has 0 radical (unpaired) electrons. The molecule has 0 aliphatic carbocycles. The van der Waals surface area contributed by atoms with E-state index in [-0.39, 0.29) is 0 Å². The Morgan fingerprint density at radius 3 is 2.39 bits per heavy atom. The van der Waals surface area contributed by atoms with Gasteiger partial charge in [-0.05, 0) is 54.6 Å². The summed E-state index contributed by atoms with van der Waals surface area (Å²) >= 11 is 0. The van der Waals surface area contributed by atoms with Crippen LogP contribution < -0.4 is 4.90 Å². The fourth-order valence-corrected chi connectivity index (χ4v) is 2.55. The third-order valence-electron chi connectivity index (χ3n) is 3.82. The van der Waals surface area contributed by atoms with Gasteiger partial charge in [0.05, 0.1) is 6.26 Å². The molecule has 23 heavy (non-hydrogen) atoms. The van der Waals surface area contributed by atoms with Crippen molar-refractivity contribution in [2.75, 3.05) is 19.0 Å². The van der Waals surface area contributed by atoms with Crippen molar-refractivity contribution in [1.82, 2.24) is 4.98 Å². The van der Waals surface area contributed by atoms with Gasteiger partial charge in [0.2, 0.25) is 5.89 Å². The Morgan fingerprint density at radius 1 is 0.913 bits per heavy atom. The van der Waals surface area contributed by atoms with Crippen molar-refractivity contribution in [2.24, 2.45) is 0 Å². The summed E-state index contributed by atoms with van der Waals surface area (Å²) in [5, 5.41) is 0. The molecule has 2 aromatic heterocycles. The van der Waals surface area contributed by atoms with E-state index in [1.54, 1.807) is 6.26 Å². The maximum Gasteiger partial charge on any atom is 0.227 e. The Labute approximate surface area is 134 Å². The molecular weight excluding hydrogens is 288 g/mol. The molecule has 0 aliphatic heterocycles. The van der Waals surface area contributed by atoms with E-state index in [0.29, 0.717) is 5.89 Å². The van der Waals surface area contributed by atoms with Gasteiger partial charge in [0.15, 0.2) is 5.58 Å². The van der Waals surface area contributed by atoms with Crippen molar-refractivity contribution in [3.05, 3.63) is 60.9 Å². The van der Waals surface area contributed by atoms with Crippen molar-refractivity contribution in [2.45, 2.75) is 0 Å². The van der Waals surface area contributed by atoms with E-state index in [1.807, 2.05) is 56.6 Å². The van der Waals surface area contributed by atoms with E-state index in [2.05, 4.69) is 22.0 Å². The quantitative estimate of drug-likeness (QED) is 0.544. The fraction of sp³-hybridized carbons (Fsp3) is 0.105. The molecule has 4 nitrogen and oxygen atoms in total. The lowest BCUT2D eigenvalue weighted by molar-refractivity contribution is 0.582. The predicted molar refractivity (Wildman–Crippen MR) is 91.5 cm³/mol. The molecule has 0 spiro atoms. The van der Waals surface area contributed by atoms with Crippen LogP contribution in [0.25, 0.3) is 33.9 Å². The third-order valence-corrected chi connectivity index (χ3v) is 3.82. The fourth-order valence-electron chi connectivity index (χ4n) is 2.55. The minimum absolute atomic E-state index is 0.627. The van der Waals surface area contributed by atoms with Crippen LogP contribution in [0.4, 0.5) is 5.69 Å². The average Bonchev–Trinajstić information content (AvgIpc) is 3.23. The summed E-state index contributed by atoms with van der Waals surface area (Å²) in [6.07, 6.45) is 1.67. The summed E-state index contributed by atoms with van der Waals surface area (Å²) in [7, 11) is 4.04. The van der Waals surface area contributed by atoms with Crippen LogP contribution in [-0.2, 0) is 0 Å². The highest BCUT2D eigenvalue weighted by Crippen LogP contribution is 2.29. The van der Waals surface area contributed by atoms with Gasteiger partial charge in [0.25, 0.3) is 0 Å². The van der Waals surface area contributed by atoms with Crippen LogP contribution in [0.5, 0.6) is 0 Å². The molecule has 114 valence electrons. The second kappa shape index (κ2) is 5.32. The molecule has 0 atom stereocenters. The number of oxazole rings is 1. The van der Waals surface area contributed by atoms with Crippen LogP contribution in [-0.4, -0.2) is 19.1 Å². The topological polar surface area (TPSA) is 42.4 Å². The summed E-state index contributed by atoms with van der Waals surface area (Å²) in [4.78, 5) is 6.67. The van der Waals surface area contributed by atoms with Gasteiger partial charge in [0, 0.05) is 30.9 Å². The molecular formula is C19H16N2O2. The number of aromatic nitrogens is 1. The Kier molecular flexibility index (Phi) is 3.15. The number of nitrogens with zero attached hydrogens (tertiary/aromatic N) is 2. The largest absolute Gasteiger partial charge is 0.464 e. The van der Waals surface area contributed by atoms with Crippen LogP contribution in [0, 0.1) is 0 Å². The summed E-state index contributed by atoms with van der Waals surface area (Å²) in [6, 6.07) is 17.8. The van der Waals surface area contributed by atoms with Gasteiger partial charge in [-0.25, -0.2) is 4.98 Å². The van der Waals surface area contributed by atoms with Gasteiger partial charge in [-0.1, -0.05) is 0 Å². The van der Waals surface area contributed by atoms with E-state index in [4.69, 9.17) is 8.83 Å². The first kappa shape index (κ1) is 13.6. The number of hydrogen-bond acceptors (Lipinski definition) is 4. The summed E-state index contributed by atoms with van der Waals surface area (Å²) in [5.74, 6) is 1.45. The highest BCUT2D eigenvalue weighted by molar-refractivity contribution is 5.81. The molecule has 4 heteroatoms. The number of hydrogen-bond donors (Lipinski definition) is 0. The molecule has 0 bridgehead atoms. The highest BCUT2D eigenvalue weighted by atomic mass is 16.3. The van der Waals surface area contributed by atoms with Crippen molar-refractivity contribution in [1.29, 1.82) is 0 Å². The smallest absolute Gasteiger partial charge is 0.227 e. The van der Waals surface area contributed by atoms with Crippen LogP contribution in [0.15, 0.2) is 69.7 Å². The summed E-state index contributed by atoms with van der Waals surface area (Å²) in [6.45, 7) is 0. The lowest BCUT2D eigenvalue weighted by Gasteiger charge is -2.11. The van der Waals surface area contributed by atoms with E-state index in [1.165, 1.54) is 0 Å². The standard InChI is InChI=1S/C19H16N2O2/c1-21(2)15-8-5-13(6-9-15)19-20-16-12-14(7-10-18(16)23-19)17-4-3-11-22-17/h3-12H,1-2H3. The molecule has 0 fully saturated rings. The zero-order valence-corrected chi connectivity index (χ0v) is 13.0. The van der Waals surface area contributed by atoms with Crippen molar-refractivity contribution < 1.29 is 8.83 Å². The Bertz CT molecular complexity index is 935. The lowest BCUT2D eigenvalue weighted by atomic mass is 10.1. The zero-order chi connectivity index (χ0) is 15.8. The molecule has 0 aliphatic rings. The number of furan rings is 1. The highest BCUT2D eigenvalue weighted by Gasteiger charge is 2.10. The first-order chi connectivity index (χ1) is 11.2. The third kappa shape index (κ3) is 2.48. The first-order valence-electron chi connectivity index (χ1n) is 7.43. The van der Waals surface area contributed by atoms with Crippen molar-refractivity contribution in [3.63, 3.8) is 0 Å². The Morgan fingerprint density at radius 2 is 1.70 bits per heavy atom. The Hall–Kier alpha value is -3.01. The van der Waals surface area contributed by atoms with Crippen LogP contribution in [0.1, 0.15) is 0 Å².